The molecule has 0 aliphatic rings. The fourth-order valence-corrected chi connectivity index (χ4v) is 3.27. The number of methoxy groups -OCH3 is 1. The Morgan fingerprint density at radius 3 is 2.48 bits per heavy atom. The van der Waals surface area contributed by atoms with Crippen molar-refractivity contribution >= 4 is 16.0 Å². The zero-order valence-corrected chi connectivity index (χ0v) is 13.2. The standard InChI is InChI=1S/C16H16FNO4S/c1-22-16(19)15(10-12-6-3-2-4-7-12)18-23(20,21)14-9-5-8-13(17)11-14/h2-9,11,15,18H,10H2,1H3. The first-order valence-electron chi connectivity index (χ1n) is 6.82. The second-order valence-electron chi connectivity index (χ2n) is 4.84. The molecule has 0 aliphatic heterocycles. The lowest BCUT2D eigenvalue weighted by Crippen LogP contribution is -2.43. The Balaban J connectivity index is 2.25. The third kappa shape index (κ3) is 4.61. The Morgan fingerprint density at radius 1 is 1.17 bits per heavy atom. The van der Waals surface area contributed by atoms with Crippen molar-refractivity contribution in [2.45, 2.75) is 17.4 Å². The summed E-state index contributed by atoms with van der Waals surface area (Å²) in [6.07, 6.45) is 0.127. The minimum Gasteiger partial charge on any atom is -0.468 e. The lowest BCUT2D eigenvalue weighted by molar-refractivity contribution is -0.142. The summed E-state index contributed by atoms with van der Waals surface area (Å²) in [4.78, 5) is 11.6. The molecule has 0 fully saturated rings. The number of halogens is 1. The van der Waals surface area contributed by atoms with Crippen LogP contribution in [0.15, 0.2) is 59.5 Å². The fraction of sp³-hybridized carbons (Fsp3) is 0.188. The highest BCUT2D eigenvalue weighted by Crippen LogP contribution is 2.13. The number of hydrogen-bond donors (Lipinski definition) is 1. The molecule has 0 spiro atoms. The summed E-state index contributed by atoms with van der Waals surface area (Å²) in [5, 5.41) is 0. The average molecular weight is 337 g/mol. The topological polar surface area (TPSA) is 72.5 Å². The van der Waals surface area contributed by atoms with Gasteiger partial charge >= 0.3 is 5.97 Å². The van der Waals surface area contributed by atoms with Crippen LogP contribution < -0.4 is 4.72 Å². The van der Waals surface area contributed by atoms with Crippen LogP contribution in [0, 0.1) is 5.82 Å². The molecule has 0 saturated heterocycles. The molecule has 23 heavy (non-hydrogen) atoms. The molecular weight excluding hydrogens is 321 g/mol. The summed E-state index contributed by atoms with van der Waals surface area (Å²) in [5.41, 5.74) is 0.768. The van der Waals surface area contributed by atoms with Crippen LogP contribution in [0.25, 0.3) is 0 Å². The minimum atomic E-state index is -4.05. The normalized spacial score (nSPS) is 12.6. The SMILES string of the molecule is COC(=O)C(Cc1ccccc1)NS(=O)(=O)c1cccc(F)c1. The van der Waals surface area contributed by atoms with Gasteiger partial charge in [0.1, 0.15) is 11.9 Å². The van der Waals surface area contributed by atoms with Gasteiger partial charge in [-0.1, -0.05) is 36.4 Å². The van der Waals surface area contributed by atoms with Gasteiger partial charge in [-0.3, -0.25) is 4.79 Å². The van der Waals surface area contributed by atoms with Gasteiger partial charge in [0.15, 0.2) is 0 Å². The second-order valence-corrected chi connectivity index (χ2v) is 6.56. The maximum absolute atomic E-state index is 13.2. The first-order chi connectivity index (χ1) is 10.9. The number of ether oxygens (including phenoxy) is 1. The summed E-state index contributed by atoms with van der Waals surface area (Å²) in [5.74, 6) is -1.39. The number of esters is 1. The number of carbonyl (C=O) groups excluding carboxylic acids is 1. The monoisotopic (exact) mass is 337 g/mol. The van der Waals surface area contributed by atoms with Crippen LogP contribution in [0.2, 0.25) is 0 Å². The van der Waals surface area contributed by atoms with E-state index in [-0.39, 0.29) is 11.3 Å². The first-order valence-corrected chi connectivity index (χ1v) is 8.30. The lowest BCUT2D eigenvalue weighted by Gasteiger charge is -2.17. The number of hydrogen-bond acceptors (Lipinski definition) is 4. The third-order valence-corrected chi connectivity index (χ3v) is 4.64. The largest absolute Gasteiger partial charge is 0.468 e. The van der Waals surface area contributed by atoms with E-state index >= 15 is 0 Å². The van der Waals surface area contributed by atoms with Crippen LogP contribution in [0.3, 0.4) is 0 Å². The van der Waals surface area contributed by atoms with E-state index < -0.39 is 27.9 Å². The van der Waals surface area contributed by atoms with E-state index in [0.29, 0.717) is 0 Å². The molecule has 2 aromatic rings. The highest BCUT2D eigenvalue weighted by Gasteiger charge is 2.26. The van der Waals surface area contributed by atoms with Gasteiger partial charge in [0.25, 0.3) is 0 Å². The number of sulfonamides is 1. The van der Waals surface area contributed by atoms with Gasteiger partial charge in [-0.2, -0.15) is 4.72 Å². The predicted molar refractivity (Wildman–Crippen MR) is 82.7 cm³/mol. The lowest BCUT2D eigenvalue weighted by atomic mass is 10.1. The van der Waals surface area contributed by atoms with Crippen LogP contribution >= 0.6 is 0 Å². The van der Waals surface area contributed by atoms with Crippen molar-refractivity contribution in [3.63, 3.8) is 0 Å². The Morgan fingerprint density at radius 2 is 1.87 bits per heavy atom. The van der Waals surface area contributed by atoms with Crippen molar-refractivity contribution < 1.29 is 22.3 Å². The third-order valence-electron chi connectivity index (χ3n) is 3.17. The number of benzene rings is 2. The van der Waals surface area contributed by atoms with E-state index in [2.05, 4.69) is 9.46 Å². The van der Waals surface area contributed by atoms with Crippen molar-refractivity contribution in [1.82, 2.24) is 4.72 Å². The fourth-order valence-electron chi connectivity index (χ4n) is 2.05. The van der Waals surface area contributed by atoms with Gasteiger partial charge in [0.05, 0.1) is 12.0 Å². The van der Waals surface area contributed by atoms with Crippen molar-refractivity contribution in [3.05, 3.63) is 66.0 Å². The molecule has 0 amide bonds. The van der Waals surface area contributed by atoms with Crippen LogP contribution in [0.1, 0.15) is 5.56 Å². The molecule has 122 valence electrons. The molecule has 0 aliphatic carbocycles. The summed E-state index contributed by atoms with van der Waals surface area (Å²) >= 11 is 0. The zero-order chi connectivity index (χ0) is 16.9. The van der Waals surface area contributed by atoms with Crippen LogP contribution in [0.5, 0.6) is 0 Å². The van der Waals surface area contributed by atoms with Crippen molar-refractivity contribution in [1.29, 1.82) is 0 Å². The van der Waals surface area contributed by atoms with Gasteiger partial charge in [0, 0.05) is 0 Å². The molecule has 1 N–H and O–H groups in total. The zero-order valence-electron chi connectivity index (χ0n) is 12.4. The van der Waals surface area contributed by atoms with Crippen LogP contribution in [-0.2, 0) is 26.0 Å². The predicted octanol–water partition coefficient (Wildman–Crippen LogP) is 1.89. The van der Waals surface area contributed by atoms with Crippen LogP contribution in [0.4, 0.5) is 4.39 Å². The van der Waals surface area contributed by atoms with E-state index in [1.54, 1.807) is 24.3 Å². The van der Waals surface area contributed by atoms with E-state index in [1.165, 1.54) is 19.2 Å². The van der Waals surface area contributed by atoms with Crippen molar-refractivity contribution in [3.8, 4) is 0 Å². The molecule has 7 heteroatoms. The summed E-state index contributed by atoms with van der Waals surface area (Å²) in [7, 11) is -2.87. The van der Waals surface area contributed by atoms with Gasteiger partial charge in [-0.25, -0.2) is 12.8 Å². The molecule has 0 heterocycles. The quantitative estimate of drug-likeness (QED) is 0.817. The van der Waals surface area contributed by atoms with Crippen molar-refractivity contribution in [2.75, 3.05) is 7.11 Å². The van der Waals surface area contributed by atoms with Gasteiger partial charge in [-0.15, -0.1) is 0 Å². The molecule has 0 aromatic heterocycles. The summed E-state index contributed by atoms with van der Waals surface area (Å²) < 4.78 is 44.8. The van der Waals surface area contributed by atoms with Gasteiger partial charge < -0.3 is 4.74 Å². The molecule has 0 saturated carbocycles. The number of nitrogens with one attached hydrogen (secondary N) is 1. The molecular formula is C16H16FNO4S. The Bertz CT molecular complexity index is 778. The Labute approximate surface area is 134 Å². The van der Waals surface area contributed by atoms with Crippen molar-refractivity contribution in [2.24, 2.45) is 0 Å². The highest BCUT2D eigenvalue weighted by atomic mass is 32.2. The highest BCUT2D eigenvalue weighted by molar-refractivity contribution is 7.89. The molecule has 0 radical (unpaired) electrons. The first kappa shape index (κ1) is 17.1. The summed E-state index contributed by atoms with van der Waals surface area (Å²) in [6, 6.07) is 12.4. The molecule has 1 unspecified atom stereocenters. The van der Waals surface area contributed by atoms with E-state index in [4.69, 9.17) is 0 Å². The van der Waals surface area contributed by atoms with E-state index in [1.807, 2.05) is 6.07 Å². The molecule has 1 atom stereocenters. The van der Waals surface area contributed by atoms with E-state index in [9.17, 15) is 17.6 Å². The number of carbonyl (C=O) groups is 1. The van der Waals surface area contributed by atoms with Gasteiger partial charge in [-0.05, 0) is 30.2 Å². The van der Waals surface area contributed by atoms with E-state index in [0.717, 1.165) is 17.7 Å². The number of rotatable bonds is 6. The Hall–Kier alpha value is -2.25. The molecule has 0 bridgehead atoms. The van der Waals surface area contributed by atoms with Crippen LogP contribution in [-0.4, -0.2) is 27.5 Å². The molecule has 2 aromatic carbocycles. The Kier molecular flexibility index (Phi) is 5.46. The molecule has 2 rings (SSSR count). The molecule has 5 nitrogen and oxygen atoms in total. The summed E-state index contributed by atoms with van der Waals surface area (Å²) in [6.45, 7) is 0. The minimum absolute atomic E-state index is 0.127. The average Bonchev–Trinajstić information content (AvgIpc) is 2.54. The van der Waals surface area contributed by atoms with Gasteiger partial charge in [0.2, 0.25) is 10.0 Å². The maximum atomic E-state index is 13.2. The maximum Gasteiger partial charge on any atom is 0.324 e. The second kappa shape index (κ2) is 7.34. The smallest absolute Gasteiger partial charge is 0.324 e.